The number of anilines is 3. The van der Waals surface area contributed by atoms with Gasteiger partial charge in [0.1, 0.15) is 5.01 Å². The fraction of sp³-hybridized carbons (Fsp3) is 0. The van der Waals surface area contributed by atoms with Gasteiger partial charge in [-0.05, 0) is 81.9 Å². The lowest BCUT2D eigenvalue weighted by Gasteiger charge is -2.26. The quantitative estimate of drug-likeness (QED) is 0.164. The molecule has 250 valence electrons. The molecule has 53 heavy (non-hydrogen) atoms. The van der Waals surface area contributed by atoms with Crippen molar-refractivity contribution in [3.05, 3.63) is 194 Å². The first-order chi connectivity index (χ1) is 26.3. The molecule has 0 bridgehead atoms. The van der Waals surface area contributed by atoms with E-state index in [1.54, 1.807) is 11.3 Å². The third kappa shape index (κ3) is 5.79. The largest absolute Gasteiger partial charge is 0.310 e. The first-order valence-electron chi connectivity index (χ1n) is 17.8. The fourth-order valence-electron chi connectivity index (χ4n) is 7.33. The van der Waals surface area contributed by atoms with Gasteiger partial charge in [-0.3, -0.25) is 0 Å². The Kier molecular flexibility index (Phi) is 7.90. The highest BCUT2D eigenvalue weighted by Crippen LogP contribution is 2.45. The maximum absolute atomic E-state index is 5.19. The molecule has 2 heterocycles. The number of aromatic nitrogens is 1. The smallest absolute Gasteiger partial charge is 0.124 e. The average molecular weight is 713 g/mol. The van der Waals surface area contributed by atoms with Crippen molar-refractivity contribution in [2.75, 3.05) is 4.90 Å². The third-order valence-electron chi connectivity index (χ3n) is 9.92. The lowest BCUT2D eigenvalue weighted by atomic mass is 10.0. The zero-order valence-corrected chi connectivity index (χ0v) is 30.3. The Labute approximate surface area is 316 Å². The summed E-state index contributed by atoms with van der Waals surface area (Å²) < 4.78 is 3.78. The van der Waals surface area contributed by atoms with Crippen LogP contribution in [0.2, 0.25) is 0 Å². The van der Waals surface area contributed by atoms with E-state index in [0.717, 1.165) is 33.1 Å². The molecule has 0 saturated carbocycles. The molecule has 0 amide bonds. The van der Waals surface area contributed by atoms with E-state index in [1.807, 2.05) is 11.3 Å². The van der Waals surface area contributed by atoms with Crippen LogP contribution in [0.4, 0.5) is 17.1 Å². The van der Waals surface area contributed by atoms with Crippen LogP contribution < -0.4 is 4.90 Å². The molecule has 0 N–H and O–H groups in total. The van der Waals surface area contributed by atoms with Gasteiger partial charge in [0.25, 0.3) is 0 Å². The van der Waals surface area contributed by atoms with E-state index in [4.69, 9.17) is 4.98 Å². The van der Waals surface area contributed by atoms with Gasteiger partial charge in [0.05, 0.1) is 10.2 Å². The summed E-state index contributed by atoms with van der Waals surface area (Å²) in [5.41, 5.74) is 12.8. The van der Waals surface area contributed by atoms with E-state index in [1.165, 1.54) is 58.3 Å². The summed E-state index contributed by atoms with van der Waals surface area (Å²) in [7, 11) is 0. The van der Waals surface area contributed by atoms with E-state index in [-0.39, 0.29) is 0 Å². The highest BCUT2D eigenvalue weighted by molar-refractivity contribution is 7.27. The second-order valence-corrected chi connectivity index (χ2v) is 15.2. The van der Waals surface area contributed by atoms with Crippen molar-refractivity contribution < 1.29 is 0 Å². The topological polar surface area (TPSA) is 16.1 Å². The number of benzene rings is 8. The van der Waals surface area contributed by atoms with Crippen LogP contribution in [0, 0.1) is 0 Å². The van der Waals surface area contributed by atoms with E-state index in [0.29, 0.717) is 0 Å². The number of rotatable bonds is 7. The zero-order valence-electron chi connectivity index (χ0n) is 28.7. The normalized spacial score (nSPS) is 11.4. The van der Waals surface area contributed by atoms with Gasteiger partial charge in [-0.25, -0.2) is 4.98 Å². The molecule has 0 spiro atoms. The molecule has 0 aliphatic rings. The van der Waals surface area contributed by atoms with Gasteiger partial charge < -0.3 is 4.90 Å². The number of fused-ring (bicyclic) bond motifs is 5. The Morgan fingerprint density at radius 2 is 0.925 bits per heavy atom. The standard InChI is InChI=1S/C49H32N2S2/c1-4-12-33(13-5-1)35-22-26-39(27-23-35)51(41-19-10-18-38(32-41)34-14-6-2-7-15-34)40-28-24-36(25-29-40)42-20-11-21-43-46-44(52-48(42)43)30-31-45-47(46)50-49(53-45)37-16-8-3-9-17-37/h1-32H. The van der Waals surface area contributed by atoms with Gasteiger partial charge in [-0.1, -0.05) is 146 Å². The summed E-state index contributed by atoms with van der Waals surface area (Å²) in [6.07, 6.45) is 0. The SMILES string of the molecule is c1ccc(-c2ccc(N(c3ccc(-c4cccc5c4sc4ccc6sc(-c7ccccc7)nc6c45)cc3)c3cccc(-c4ccccc4)c3)cc2)cc1. The lowest BCUT2D eigenvalue weighted by molar-refractivity contribution is 1.28. The van der Waals surface area contributed by atoms with Gasteiger partial charge in [-0.15, -0.1) is 22.7 Å². The second kappa shape index (κ2) is 13.3. The monoisotopic (exact) mass is 712 g/mol. The summed E-state index contributed by atoms with van der Waals surface area (Å²) in [5.74, 6) is 0. The van der Waals surface area contributed by atoms with Crippen LogP contribution >= 0.6 is 22.7 Å². The van der Waals surface area contributed by atoms with Crippen LogP contribution in [0.15, 0.2) is 194 Å². The number of thiophene rings is 1. The van der Waals surface area contributed by atoms with Crippen molar-refractivity contribution in [1.82, 2.24) is 4.98 Å². The Bertz CT molecular complexity index is 2860. The molecule has 4 heteroatoms. The van der Waals surface area contributed by atoms with Crippen LogP contribution in [0.3, 0.4) is 0 Å². The van der Waals surface area contributed by atoms with Gasteiger partial charge in [0, 0.05) is 42.8 Å². The number of hydrogen-bond acceptors (Lipinski definition) is 4. The molecule has 0 atom stereocenters. The highest BCUT2D eigenvalue weighted by atomic mass is 32.1. The number of nitrogens with zero attached hydrogens (tertiary/aromatic N) is 2. The summed E-state index contributed by atoms with van der Waals surface area (Å²) in [5, 5.41) is 3.58. The Morgan fingerprint density at radius 3 is 1.60 bits per heavy atom. The Hall–Kier alpha value is -6.33. The first-order valence-corrected chi connectivity index (χ1v) is 19.4. The summed E-state index contributed by atoms with van der Waals surface area (Å²) >= 11 is 3.63. The minimum atomic E-state index is 1.06. The lowest BCUT2D eigenvalue weighted by Crippen LogP contribution is -2.10. The first kappa shape index (κ1) is 31.4. The maximum Gasteiger partial charge on any atom is 0.124 e. The Morgan fingerprint density at radius 1 is 0.377 bits per heavy atom. The molecule has 8 aromatic carbocycles. The Balaban J connectivity index is 1.06. The molecule has 0 aliphatic carbocycles. The van der Waals surface area contributed by atoms with Crippen molar-refractivity contribution in [2.45, 2.75) is 0 Å². The molecule has 0 saturated heterocycles. The highest BCUT2D eigenvalue weighted by Gasteiger charge is 2.18. The summed E-state index contributed by atoms with van der Waals surface area (Å²) in [6.45, 7) is 0. The van der Waals surface area contributed by atoms with Crippen molar-refractivity contribution in [3.8, 4) is 44.0 Å². The molecule has 10 rings (SSSR count). The van der Waals surface area contributed by atoms with E-state index in [2.05, 4.69) is 199 Å². The van der Waals surface area contributed by atoms with Gasteiger partial charge in [0.2, 0.25) is 0 Å². The van der Waals surface area contributed by atoms with Gasteiger partial charge in [-0.2, -0.15) is 0 Å². The molecule has 2 aromatic heterocycles. The molecule has 0 radical (unpaired) electrons. The zero-order chi connectivity index (χ0) is 35.1. The predicted molar refractivity (Wildman–Crippen MR) is 229 cm³/mol. The molecular formula is C49H32N2S2. The van der Waals surface area contributed by atoms with Crippen LogP contribution in [0.5, 0.6) is 0 Å². The molecule has 0 unspecified atom stereocenters. The van der Waals surface area contributed by atoms with Crippen molar-refractivity contribution in [3.63, 3.8) is 0 Å². The van der Waals surface area contributed by atoms with E-state index >= 15 is 0 Å². The molecule has 0 aliphatic heterocycles. The van der Waals surface area contributed by atoms with Gasteiger partial charge >= 0.3 is 0 Å². The van der Waals surface area contributed by atoms with Crippen molar-refractivity contribution in [1.29, 1.82) is 0 Å². The second-order valence-electron chi connectivity index (χ2n) is 13.2. The van der Waals surface area contributed by atoms with Crippen LogP contribution in [0.1, 0.15) is 0 Å². The third-order valence-corrected chi connectivity index (χ3v) is 12.2. The van der Waals surface area contributed by atoms with Crippen LogP contribution in [-0.2, 0) is 0 Å². The van der Waals surface area contributed by atoms with E-state index < -0.39 is 0 Å². The van der Waals surface area contributed by atoms with E-state index in [9.17, 15) is 0 Å². The van der Waals surface area contributed by atoms with Crippen LogP contribution in [-0.4, -0.2) is 4.98 Å². The number of thiazole rings is 1. The summed E-state index contributed by atoms with van der Waals surface area (Å²) in [6, 6.07) is 69.6. The molecule has 10 aromatic rings. The fourth-order valence-corrected chi connectivity index (χ4v) is 9.55. The minimum absolute atomic E-state index is 1.06. The molecule has 0 fully saturated rings. The molecular weight excluding hydrogens is 681 g/mol. The minimum Gasteiger partial charge on any atom is -0.310 e. The van der Waals surface area contributed by atoms with Crippen molar-refractivity contribution in [2.24, 2.45) is 0 Å². The maximum atomic E-state index is 5.19. The predicted octanol–water partition coefficient (Wildman–Crippen LogP) is 14.8. The number of hydrogen-bond donors (Lipinski definition) is 0. The van der Waals surface area contributed by atoms with Crippen LogP contribution in [0.25, 0.3) is 74.3 Å². The van der Waals surface area contributed by atoms with Gasteiger partial charge in [0.15, 0.2) is 0 Å². The van der Waals surface area contributed by atoms with Crippen molar-refractivity contribution >= 4 is 70.1 Å². The molecule has 2 nitrogen and oxygen atoms in total. The summed E-state index contributed by atoms with van der Waals surface area (Å²) in [4.78, 5) is 7.55. The average Bonchev–Trinajstić information content (AvgIpc) is 3.85.